The Morgan fingerprint density at radius 1 is 1.00 bits per heavy atom. The molecule has 1 aliphatic heterocycles. The van der Waals surface area contributed by atoms with E-state index < -0.39 is 27.9 Å². The molecular weight excluding hydrogens is 535 g/mol. The average Bonchev–Trinajstić information content (AvgIpc) is 3.18. The molecule has 188 valence electrons. The van der Waals surface area contributed by atoms with Crippen molar-refractivity contribution >= 4 is 50.6 Å². The van der Waals surface area contributed by atoms with E-state index in [-0.39, 0.29) is 43.2 Å². The minimum absolute atomic E-state index is 0.0312. The first kappa shape index (κ1) is 26.4. The van der Waals surface area contributed by atoms with Crippen LogP contribution in [0.25, 0.3) is 0 Å². The number of carbonyl (C=O) groups excluding carboxylic acids is 2. The van der Waals surface area contributed by atoms with E-state index >= 15 is 0 Å². The van der Waals surface area contributed by atoms with Crippen LogP contribution in [-0.2, 0) is 14.8 Å². The highest BCUT2D eigenvalue weighted by Gasteiger charge is 2.51. The minimum Gasteiger partial charge on any atom is -0.399 e. The van der Waals surface area contributed by atoms with Gasteiger partial charge in [-0.05, 0) is 35.9 Å². The number of anilines is 1. The summed E-state index contributed by atoms with van der Waals surface area (Å²) in [5.74, 6) is -0.931. The Hall–Kier alpha value is -3.68. The van der Waals surface area contributed by atoms with E-state index in [1.165, 1.54) is 55.5 Å². The summed E-state index contributed by atoms with van der Waals surface area (Å²) in [4.78, 5) is 24.9. The number of Topliss-reactive ketones (excluding diaryl/α,β-unsaturated/α-hetero) is 1. The second-order valence-corrected chi connectivity index (χ2v) is 10.8. The van der Waals surface area contributed by atoms with Crippen molar-refractivity contribution in [2.45, 2.75) is 23.9 Å². The molecule has 0 fully saturated rings. The van der Waals surface area contributed by atoms with E-state index in [4.69, 9.17) is 28.9 Å². The monoisotopic (exact) mass is 554 g/mol. The predicted octanol–water partition coefficient (Wildman–Crippen LogP) is 4.69. The molecule has 1 amide bonds. The Morgan fingerprint density at radius 2 is 1.65 bits per heavy atom. The summed E-state index contributed by atoms with van der Waals surface area (Å²) in [5, 5.41) is 12.8. The van der Waals surface area contributed by atoms with Crippen molar-refractivity contribution in [3.05, 3.63) is 105 Å². The fourth-order valence-corrected chi connectivity index (χ4v) is 6.32. The molecule has 3 aromatic rings. The average molecular weight is 555 g/mol. The Balaban J connectivity index is 1.94. The van der Waals surface area contributed by atoms with Crippen LogP contribution < -0.4 is 11.1 Å². The van der Waals surface area contributed by atoms with Gasteiger partial charge in [0, 0.05) is 18.2 Å². The number of nitrogens with zero attached hydrogens (tertiary/aromatic N) is 2. The van der Waals surface area contributed by atoms with Crippen molar-refractivity contribution in [3.8, 4) is 6.07 Å². The number of hydrogen-bond acceptors (Lipinski definition) is 6. The van der Waals surface area contributed by atoms with Gasteiger partial charge in [0.1, 0.15) is 6.04 Å². The van der Waals surface area contributed by atoms with Crippen LogP contribution in [0.2, 0.25) is 10.0 Å². The molecule has 0 spiro atoms. The highest BCUT2D eigenvalue weighted by Crippen LogP contribution is 2.46. The van der Waals surface area contributed by atoms with E-state index in [9.17, 15) is 23.3 Å². The van der Waals surface area contributed by atoms with Crippen LogP contribution in [0.15, 0.2) is 89.0 Å². The van der Waals surface area contributed by atoms with Gasteiger partial charge in [0.05, 0.1) is 38.3 Å². The number of benzene rings is 3. The molecular formula is C26H20Cl2N4O4S. The summed E-state index contributed by atoms with van der Waals surface area (Å²) in [5.41, 5.74) is 6.82. The lowest BCUT2D eigenvalue weighted by Crippen LogP contribution is -2.45. The zero-order valence-electron chi connectivity index (χ0n) is 19.4. The van der Waals surface area contributed by atoms with E-state index in [1.807, 2.05) is 6.07 Å². The van der Waals surface area contributed by atoms with Crippen molar-refractivity contribution in [2.24, 2.45) is 5.73 Å². The Labute approximate surface area is 224 Å². The van der Waals surface area contributed by atoms with Crippen LogP contribution in [0.4, 0.5) is 5.69 Å². The van der Waals surface area contributed by atoms with E-state index in [1.54, 1.807) is 24.3 Å². The number of carbonyl (C=O) groups is 2. The highest BCUT2D eigenvalue weighted by atomic mass is 35.5. The highest BCUT2D eigenvalue weighted by molar-refractivity contribution is 7.89. The molecule has 0 unspecified atom stereocenters. The maximum absolute atomic E-state index is 14.1. The topological polar surface area (TPSA) is 133 Å². The molecule has 0 saturated carbocycles. The van der Waals surface area contributed by atoms with Crippen LogP contribution in [0.1, 0.15) is 28.9 Å². The summed E-state index contributed by atoms with van der Waals surface area (Å²) in [6.45, 7) is 1.33. The van der Waals surface area contributed by atoms with Crippen LogP contribution >= 0.6 is 23.2 Å². The van der Waals surface area contributed by atoms with Crippen LogP contribution in [0.3, 0.4) is 0 Å². The van der Waals surface area contributed by atoms with E-state index in [0.29, 0.717) is 5.69 Å². The van der Waals surface area contributed by atoms with E-state index in [2.05, 4.69) is 5.32 Å². The molecule has 1 aliphatic rings. The molecule has 4 rings (SSSR count). The lowest BCUT2D eigenvalue weighted by Gasteiger charge is -2.30. The lowest BCUT2D eigenvalue weighted by atomic mass is 10.00. The van der Waals surface area contributed by atoms with Crippen molar-refractivity contribution in [1.82, 2.24) is 4.31 Å². The van der Waals surface area contributed by atoms with Crippen molar-refractivity contribution < 1.29 is 18.0 Å². The van der Waals surface area contributed by atoms with Gasteiger partial charge in [0.2, 0.25) is 15.9 Å². The zero-order valence-corrected chi connectivity index (χ0v) is 21.7. The molecule has 3 N–H and O–H groups in total. The fraction of sp³-hybridized carbons (Fsp3) is 0.115. The summed E-state index contributed by atoms with van der Waals surface area (Å²) in [6, 6.07) is 17.2. The molecule has 11 heteroatoms. The van der Waals surface area contributed by atoms with Crippen LogP contribution in [0.5, 0.6) is 0 Å². The van der Waals surface area contributed by atoms with E-state index in [0.717, 1.165) is 4.31 Å². The summed E-state index contributed by atoms with van der Waals surface area (Å²) < 4.78 is 29.1. The Kier molecular flexibility index (Phi) is 7.39. The largest absolute Gasteiger partial charge is 0.399 e. The molecule has 0 radical (unpaired) electrons. The van der Waals surface area contributed by atoms with Gasteiger partial charge in [-0.25, -0.2) is 8.42 Å². The van der Waals surface area contributed by atoms with Gasteiger partial charge in [0.15, 0.2) is 5.78 Å². The van der Waals surface area contributed by atoms with Gasteiger partial charge >= 0.3 is 0 Å². The summed E-state index contributed by atoms with van der Waals surface area (Å²) in [7, 11) is -4.46. The number of amides is 1. The number of nitrogens with one attached hydrogen (secondary N) is 1. The first-order chi connectivity index (χ1) is 17.6. The first-order valence-corrected chi connectivity index (χ1v) is 13.1. The van der Waals surface area contributed by atoms with Crippen molar-refractivity contribution in [1.29, 1.82) is 5.26 Å². The minimum atomic E-state index is -4.46. The van der Waals surface area contributed by atoms with Gasteiger partial charge < -0.3 is 11.1 Å². The second kappa shape index (κ2) is 10.4. The Morgan fingerprint density at radius 3 is 2.24 bits per heavy atom. The number of nitrogens with two attached hydrogens (primary N) is 1. The summed E-state index contributed by atoms with van der Waals surface area (Å²) >= 11 is 12.7. The maximum Gasteiger partial charge on any atom is 0.245 e. The Bertz CT molecular complexity index is 1570. The fourth-order valence-electron chi connectivity index (χ4n) is 4.20. The SMILES string of the molecule is CC(=O)Nc1ccc(S(=O)(=O)N2[C@@H](C(=O)c3ccccc3)C(N)=C(C#N)[C@H]2c2cccc(Cl)c2Cl)cc1. The number of ketones is 1. The lowest BCUT2D eigenvalue weighted by molar-refractivity contribution is -0.114. The van der Waals surface area contributed by atoms with Gasteiger partial charge in [-0.3, -0.25) is 9.59 Å². The number of rotatable bonds is 6. The molecule has 3 aromatic carbocycles. The van der Waals surface area contributed by atoms with Crippen LogP contribution in [-0.4, -0.2) is 30.5 Å². The third kappa shape index (κ3) is 4.84. The smallest absolute Gasteiger partial charge is 0.245 e. The number of halogens is 2. The van der Waals surface area contributed by atoms with Crippen molar-refractivity contribution in [3.63, 3.8) is 0 Å². The normalized spacial score (nSPS) is 17.9. The molecule has 0 bridgehead atoms. The predicted molar refractivity (Wildman–Crippen MR) is 140 cm³/mol. The molecule has 37 heavy (non-hydrogen) atoms. The second-order valence-electron chi connectivity index (χ2n) is 8.20. The molecule has 0 saturated heterocycles. The molecule has 2 atom stereocenters. The van der Waals surface area contributed by atoms with Gasteiger partial charge in [0.25, 0.3) is 0 Å². The molecule has 0 aliphatic carbocycles. The maximum atomic E-state index is 14.1. The molecule has 1 heterocycles. The van der Waals surface area contributed by atoms with Gasteiger partial charge in [-0.15, -0.1) is 0 Å². The standard InChI is InChI=1S/C26H20Cl2N4O4S/c1-15(33)31-17-10-12-18(13-11-17)37(35,36)32-24(19-8-5-9-21(27)22(19)28)20(14-29)23(30)25(32)26(34)16-6-3-2-4-7-16/h2-13,24-25H,30H2,1H3,(H,31,33)/t24-,25-/m1/s1. The third-order valence-corrected chi connectivity index (χ3v) is 8.52. The first-order valence-electron chi connectivity index (χ1n) is 10.9. The van der Waals surface area contributed by atoms with Crippen molar-refractivity contribution in [2.75, 3.05) is 5.32 Å². The quantitative estimate of drug-likeness (QED) is 0.424. The molecule has 8 nitrogen and oxygen atoms in total. The van der Waals surface area contributed by atoms with Gasteiger partial charge in [-0.1, -0.05) is 65.7 Å². The number of hydrogen-bond donors (Lipinski definition) is 2. The molecule has 0 aromatic heterocycles. The zero-order chi connectivity index (χ0) is 26.9. The van der Waals surface area contributed by atoms with Crippen LogP contribution in [0, 0.1) is 11.3 Å². The number of nitriles is 1. The summed E-state index contributed by atoms with van der Waals surface area (Å²) in [6.07, 6.45) is 0. The third-order valence-electron chi connectivity index (χ3n) is 5.84. The number of sulfonamides is 1. The van der Waals surface area contributed by atoms with Gasteiger partial charge in [-0.2, -0.15) is 9.57 Å².